The lowest BCUT2D eigenvalue weighted by atomic mass is 9.81. The van der Waals surface area contributed by atoms with Crippen molar-refractivity contribution in [1.29, 1.82) is 0 Å². The Morgan fingerprint density at radius 3 is 2.45 bits per heavy atom. The lowest BCUT2D eigenvalue weighted by molar-refractivity contribution is -0.0107. The van der Waals surface area contributed by atoms with E-state index in [4.69, 9.17) is 9.73 Å². The van der Waals surface area contributed by atoms with E-state index < -0.39 is 0 Å². The molecule has 0 aromatic rings. The van der Waals surface area contributed by atoms with Gasteiger partial charge in [0.25, 0.3) is 0 Å². The maximum absolute atomic E-state index is 9.82. The molecule has 0 aromatic carbocycles. The standard InChI is InChI=1S/C17H33N3O2/c1-4-18-16(20-10-14(2)9-15(3)11-20)19-12-17(13-21)5-7-22-8-6-17/h14-15,21H,4-13H2,1-3H3,(H,18,19). The summed E-state index contributed by atoms with van der Waals surface area (Å²) in [5, 5.41) is 13.3. The maximum Gasteiger partial charge on any atom is 0.193 e. The fourth-order valence-corrected chi connectivity index (χ4v) is 3.67. The zero-order valence-electron chi connectivity index (χ0n) is 14.5. The van der Waals surface area contributed by atoms with Crippen LogP contribution in [0.15, 0.2) is 4.99 Å². The molecule has 2 heterocycles. The minimum Gasteiger partial charge on any atom is -0.396 e. The van der Waals surface area contributed by atoms with Crippen LogP contribution in [0.25, 0.3) is 0 Å². The number of guanidine groups is 1. The Morgan fingerprint density at radius 1 is 1.27 bits per heavy atom. The van der Waals surface area contributed by atoms with Crippen LogP contribution in [0.1, 0.15) is 40.0 Å². The summed E-state index contributed by atoms with van der Waals surface area (Å²) >= 11 is 0. The number of ether oxygens (including phenoxy) is 1. The third-order valence-corrected chi connectivity index (χ3v) is 4.96. The van der Waals surface area contributed by atoms with Gasteiger partial charge in [-0.15, -0.1) is 0 Å². The van der Waals surface area contributed by atoms with E-state index in [1.807, 2.05) is 0 Å². The molecule has 5 nitrogen and oxygen atoms in total. The molecule has 0 aromatic heterocycles. The lowest BCUT2D eigenvalue weighted by Gasteiger charge is -2.38. The van der Waals surface area contributed by atoms with Crippen molar-refractivity contribution in [3.05, 3.63) is 0 Å². The largest absolute Gasteiger partial charge is 0.396 e. The van der Waals surface area contributed by atoms with Gasteiger partial charge in [0.05, 0.1) is 13.2 Å². The Kier molecular flexibility index (Phi) is 6.50. The second kappa shape index (κ2) is 8.16. The average molecular weight is 311 g/mol. The van der Waals surface area contributed by atoms with E-state index in [1.54, 1.807) is 0 Å². The summed E-state index contributed by atoms with van der Waals surface area (Å²) in [7, 11) is 0. The summed E-state index contributed by atoms with van der Waals surface area (Å²) in [5.74, 6) is 2.44. The normalized spacial score (nSPS) is 29.5. The molecule has 2 aliphatic heterocycles. The van der Waals surface area contributed by atoms with Gasteiger partial charge in [-0.2, -0.15) is 0 Å². The molecule has 128 valence electrons. The van der Waals surface area contributed by atoms with Crippen LogP contribution in [0.2, 0.25) is 0 Å². The van der Waals surface area contributed by atoms with Gasteiger partial charge in [-0.25, -0.2) is 0 Å². The molecule has 2 fully saturated rings. The quantitative estimate of drug-likeness (QED) is 0.613. The highest BCUT2D eigenvalue weighted by Crippen LogP contribution is 2.30. The van der Waals surface area contributed by atoms with E-state index in [1.165, 1.54) is 6.42 Å². The van der Waals surface area contributed by atoms with Crippen LogP contribution in [-0.2, 0) is 4.74 Å². The third-order valence-electron chi connectivity index (χ3n) is 4.96. The van der Waals surface area contributed by atoms with Crippen molar-refractivity contribution < 1.29 is 9.84 Å². The van der Waals surface area contributed by atoms with Crippen molar-refractivity contribution in [1.82, 2.24) is 10.2 Å². The molecule has 0 radical (unpaired) electrons. The number of aliphatic imine (C=N–C) groups is 1. The molecule has 2 saturated heterocycles. The molecule has 0 bridgehead atoms. The predicted octanol–water partition coefficient (Wildman–Crippen LogP) is 1.72. The van der Waals surface area contributed by atoms with Gasteiger partial charge in [-0.3, -0.25) is 4.99 Å². The van der Waals surface area contributed by atoms with Gasteiger partial charge in [0, 0.05) is 38.3 Å². The second-order valence-corrected chi connectivity index (χ2v) is 7.29. The van der Waals surface area contributed by atoms with Crippen molar-refractivity contribution in [3.8, 4) is 0 Å². The summed E-state index contributed by atoms with van der Waals surface area (Å²) in [6.45, 7) is 12.2. The number of rotatable bonds is 4. The van der Waals surface area contributed by atoms with E-state index >= 15 is 0 Å². The molecule has 0 amide bonds. The summed E-state index contributed by atoms with van der Waals surface area (Å²) in [5.41, 5.74) is -0.0913. The summed E-state index contributed by atoms with van der Waals surface area (Å²) < 4.78 is 5.44. The Labute approximate surface area is 135 Å². The Balaban J connectivity index is 2.05. The fraction of sp³-hybridized carbons (Fsp3) is 0.941. The Morgan fingerprint density at radius 2 is 1.91 bits per heavy atom. The molecule has 5 heteroatoms. The fourth-order valence-electron chi connectivity index (χ4n) is 3.67. The Hall–Kier alpha value is -0.810. The number of nitrogens with one attached hydrogen (secondary N) is 1. The van der Waals surface area contributed by atoms with Crippen LogP contribution in [0, 0.1) is 17.3 Å². The molecule has 22 heavy (non-hydrogen) atoms. The zero-order valence-corrected chi connectivity index (χ0v) is 14.5. The van der Waals surface area contributed by atoms with E-state index in [9.17, 15) is 5.11 Å². The molecular formula is C17H33N3O2. The van der Waals surface area contributed by atoms with Crippen LogP contribution < -0.4 is 5.32 Å². The van der Waals surface area contributed by atoms with Gasteiger partial charge in [-0.1, -0.05) is 13.8 Å². The first-order valence-corrected chi connectivity index (χ1v) is 8.80. The Bertz CT molecular complexity index is 357. The number of hydrogen-bond donors (Lipinski definition) is 2. The SMILES string of the molecule is CCNC(=NCC1(CO)CCOCC1)N1CC(C)CC(C)C1. The van der Waals surface area contributed by atoms with E-state index in [0.717, 1.165) is 51.6 Å². The molecular weight excluding hydrogens is 278 g/mol. The first kappa shape index (κ1) is 17.5. The second-order valence-electron chi connectivity index (χ2n) is 7.29. The van der Waals surface area contributed by atoms with E-state index in [0.29, 0.717) is 18.4 Å². The summed E-state index contributed by atoms with van der Waals surface area (Å²) in [4.78, 5) is 7.28. The first-order valence-electron chi connectivity index (χ1n) is 8.80. The smallest absolute Gasteiger partial charge is 0.193 e. The van der Waals surface area contributed by atoms with Gasteiger partial charge >= 0.3 is 0 Å². The molecule has 0 saturated carbocycles. The predicted molar refractivity (Wildman–Crippen MR) is 90.1 cm³/mol. The van der Waals surface area contributed by atoms with E-state index in [-0.39, 0.29) is 12.0 Å². The molecule has 2 N–H and O–H groups in total. The number of nitrogens with zero attached hydrogens (tertiary/aromatic N) is 2. The van der Waals surface area contributed by atoms with Crippen LogP contribution in [0.4, 0.5) is 0 Å². The van der Waals surface area contributed by atoms with Crippen LogP contribution in [-0.4, -0.2) is 62.0 Å². The number of hydrogen-bond acceptors (Lipinski definition) is 3. The zero-order chi connectivity index (χ0) is 16.0. The molecule has 2 unspecified atom stereocenters. The van der Waals surface area contributed by atoms with Gasteiger partial charge in [-0.05, 0) is 38.0 Å². The first-order chi connectivity index (χ1) is 10.6. The van der Waals surface area contributed by atoms with Crippen LogP contribution in [0.3, 0.4) is 0 Å². The highest BCUT2D eigenvalue weighted by atomic mass is 16.5. The number of aliphatic hydroxyl groups excluding tert-OH is 1. The van der Waals surface area contributed by atoms with Gasteiger partial charge < -0.3 is 20.1 Å². The molecule has 0 aliphatic carbocycles. The summed E-state index contributed by atoms with van der Waals surface area (Å²) in [6, 6.07) is 0. The number of likely N-dealkylation sites (tertiary alicyclic amines) is 1. The average Bonchev–Trinajstić information content (AvgIpc) is 2.51. The maximum atomic E-state index is 9.82. The minimum absolute atomic E-state index is 0.0913. The summed E-state index contributed by atoms with van der Waals surface area (Å²) in [6.07, 6.45) is 3.10. The number of piperidine rings is 1. The van der Waals surface area contributed by atoms with Crippen molar-refractivity contribution >= 4 is 5.96 Å². The van der Waals surface area contributed by atoms with Gasteiger partial charge in [0.2, 0.25) is 0 Å². The van der Waals surface area contributed by atoms with Crippen molar-refractivity contribution in [2.24, 2.45) is 22.2 Å². The van der Waals surface area contributed by atoms with Crippen molar-refractivity contribution in [2.45, 2.75) is 40.0 Å². The van der Waals surface area contributed by atoms with Crippen LogP contribution >= 0.6 is 0 Å². The highest BCUT2D eigenvalue weighted by molar-refractivity contribution is 5.80. The third kappa shape index (κ3) is 4.59. The van der Waals surface area contributed by atoms with Crippen molar-refractivity contribution in [3.63, 3.8) is 0 Å². The topological polar surface area (TPSA) is 57.1 Å². The molecule has 2 aliphatic rings. The van der Waals surface area contributed by atoms with Gasteiger partial charge in [0.1, 0.15) is 0 Å². The lowest BCUT2D eigenvalue weighted by Crippen LogP contribution is -2.49. The molecule has 0 spiro atoms. The van der Waals surface area contributed by atoms with E-state index in [2.05, 4.69) is 31.0 Å². The minimum atomic E-state index is -0.0913. The molecule has 2 atom stereocenters. The highest BCUT2D eigenvalue weighted by Gasteiger charge is 2.32. The number of aliphatic hydroxyl groups is 1. The van der Waals surface area contributed by atoms with Gasteiger partial charge in [0.15, 0.2) is 5.96 Å². The monoisotopic (exact) mass is 311 g/mol. The van der Waals surface area contributed by atoms with Crippen LogP contribution in [0.5, 0.6) is 0 Å². The molecule has 2 rings (SSSR count). The van der Waals surface area contributed by atoms with Crippen molar-refractivity contribution in [2.75, 3.05) is 46.0 Å².